The molecule has 0 aliphatic carbocycles. The number of amides is 1. The van der Waals surface area contributed by atoms with E-state index in [2.05, 4.69) is 20.2 Å². The third kappa shape index (κ3) is 4.64. The van der Waals surface area contributed by atoms with E-state index in [1.807, 2.05) is 49.1 Å². The van der Waals surface area contributed by atoms with Gasteiger partial charge in [-0.1, -0.05) is 24.3 Å². The molecular formula is C23H25F2N5O. The summed E-state index contributed by atoms with van der Waals surface area (Å²) in [5.41, 5.74) is 3.53. The molecule has 4 rings (SSSR count). The molecule has 1 saturated heterocycles. The third-order valence-corrected chi connectivity index (χ3v) is 5.71. The summed E-state index contributed by atoms with van der Waals surface area (Å²) in [7, 11) is 0. The zero-order valence-electron chi connectivity index (χ0n) is 17.6. The maximum absolute atomic E-state index is 13.3. The summed E-state index contributed by atoms with van der Waals surface area (Å²) in [6.07, 6.45) is -2.72. The molecule has 0 radical (unpaired) electrons. The second-order valence-electron chi connectivity index (χ2n) is 7.78. The Balaban J connectivity index is 1.42. The second-order valence-corrected chi connectivity index (χ2v) is 7.78. The molecule has 1 aliphatic rings. The fourth-order valence-corrected chi connectivity index (χ4v) is 3.81. The van der Waals surface area contributed by atoms with Crippen molar-refractivity contribution in [3.63, 3.8) is 0 Å². The molecule has 1 N–H and O–H groups in total. The van der Waals surface area contributed by atoms with E-state index < -0.39 is 12.2 Å². The van der Waals surface area contributed by atoms with Crippen molar-refractivity contribution in [1.82, 2.24) is 14.9 Å². The highest BCUT2D eigenvalue weighted by Gasteiger charge is 2.24. The lowest BCUT2D eigenvalue weighted by molar-refractivity contribution is -0.117. The summed E-state index contributed by atoms with van der Waals surface area (Å²) >= 11 is 0. The quantitative estimate of drug-likeness (QED) is 0.671. The fraction of sp³-hybridized carbons (Fsp3) is 0.348. The maximum Gasteiger partial charge on any atom is 0.297 e. The van der Waals surface area contributed by atoms with Crippen molar-refractivity contribution in [3.8, 4) is 0 Å². The van der Waals surface area contributed by atoms with Gasteiger partial charge in [-0.2, -0.15) is 0 Å². The van der Waals surface area contributed by atoms with Crippen LogP contribution >= 0.6 is 0 Å². The van der Waals surface area contributed by atoms with Crippen molar-refractivity contribution in [1.29, 1.82) is 0 Å². The molecule has 162 valence electrons. The number of carbonyl (C=O) groups excluding carboxylic acids is 1. The molecule has 2 aromatic carbocycles. The Morgan fingerprint density at radius 2 is 1.77 bits per heavy atom. The summed E-state index contributed by atoms with van der Waals surface area (Å²) in [4.78, 5) is 24.7. The molecule has 31 heavy (non-hydrogen) atoms. The predicted octanol–water partition coefficient (Wildman–Crippen LogP) is 3.94. The van der Waals surface area contributed by atoms with Crippen LogP contribution < -0.4 is 10.2 Å². The molecule has 0 unspecified atom stereocenters. The van der Waals surface area contributed by atoms with Gasteiger partial charge < -0.3 is 10.2 Å². The number of aromatic nitrogens is 2. The van der Waals surface area contributed by atoms with E-state index >= 15 is 0 Å². The van der Waals surface area contributed by atoms with Crippen molar-refractivity contribution >= 4 is 28.3 Å². The minimum atomic E-state index is -2.72. The Kier molecular flexibility index (Phi) is 6.08. The van der Waals surface area contributed by atoms with Gasteiger partial charge in [0, 0.05) is 37.3 Å². The topological polar surface area (TPSA) is 61.4 Å². The summed E-state index contributed by atoms with van der Waals surface area (Å²) < 4.78 is 26.6. The van der Waals surface area contributed by atoms with Crippen LogP contribution in [0.2, 0.25) is 0 Å². The van der Waals surface area contributed by atoms with E-state index in [0.717, 1.165) is 22.2 Å². The number of aryl methyl sites for hydroxylation is 1. The molecule has 0 bridgehead atoms. The Hall–Kier alpha value is -3.13. The van der Waals surface area contributed by atoms with E-state index in [9.17, 15) is 13.6 Å². The number of benzene rings is 2. The number of piperazine rings is 1. The zero-order chi connectivity index (χ0) is 22.0. The standard InChI is InChI=1S/C23H25F2N5O/c1-15-6-5-9-18(16(15)2)26-20(31)14-29-10-12-30(13-11-29)23-17-7-3-4-8-19(17)27-22(28-23)21(24)25/h3-9,21H,10-14H2,1-2H3,(H,26,31). The molecule has 8 heteroatoms. The first-order chi connectivity index (χ1) is 14.9. The van der Waals surface area contributed by atoms with Gasteiger partial charge in [0.1, 0.15) is 5.82 Å². The van der Waals surface area contributed by atoms with E-state index in [1.165, 1.54) is 0 Å². The highest BCUT2D eigenvalue weighted by molar-refractivity contribution is 5.93. The Morgan fingerprint density at radius 1 is 1.03 bits per heavy atom. The van der Waals surface area contributed by atoms with Crippen LogP contribution in [0.4, 0.5) is 20.3 Å². The summed E-state index contributed by atoms with van der Waals surface area (Å²) in [5, 5.41) is 3.74. The van der Waals surface area contributed by atoms with Gasteiger partial charge in [0.2, 0.25) is 5.91 Å². The van der Waals surface area contributed by atoms with Crippen LogP contribution in [-0.4, -0.2) is 53.5 Å². The van der Waals surface area contributed by atoms with Crippen molar-refractivity contribution in [2.24, 2.45) is 0 Å². The molecule has 1 aliphatic heterocycles. The largest absolute Gasteiger partial charge is 0.353 e. The average molecular weight is 425 g/mol. The number of nitrogens with zero attached hydrogens (tertiary/aromatic N) is 4. The first-order valence-corrected chi connectivity index (χ1v) is 10.3. The van der Waals surface area contributed by atoms with Gasteiger partial charge in [-0.15, -0.1) is 0 Å². The number of anilines is 2. The van der Waals surface area contributed by atoms with Crippen molar-refractivity contribution in [2.45, 2.75) is 20.3 Å². The number of hydrogen-bond acceptors (Lipinski definition) is 5. The number of alkyl halides is 2. The van der Waals surface area contributed by atoms with Crippen LogP contribution in [0, 0.1) is 13.8 Å². The Labute approximate surface area is 179 Å². The van der Waals surface area contributed by atoms with Gasteiger partial charge in [0.15, 0.2) is 5.82 Å². The van der Waals surface area contributed by atoms with Crippen molar-refractivity contribution < 1.29 is 13.6 Å². The molecule has 3 aromatic rings. The van der Waals surface area contributed by atoms with E-state index in [0.29, 0.717) is 37.5 Å². The monoisotopic (exact) mass is 425 g/mol. The van der Waals surface area contributed by atoms with Crippen LogP contribution in [0.25, 0.3) is 10.9 Å². The molecule has 0 atom stereocenters. The van der Waals surface area contributed by atoms with E-state index in [-0.39, 0.29) is 12.5 Å². The maximum atomic E-state index is 13.3. The molecule has 6 nitrogen and oxygen atoms in total. The van der Waals surface area contributed by atoms with Gasteiger partial charge >= 0.3 is 0 Å². The number of rotatable bonds is 5. The summed E-state index contributed by atoms with van der Waals surface area (Å²) in [6.45, 7) is 6.77. The lowest BCUT2D eigenvalue weighted by Crippen LogP contribution is -2.49. The van der Waals surface area contributed by atoms with Crippen LogP contribution in [0.15, 0.2) is 42.5 Å². The van der Waals surface area contributed by atoms with Gasteiger partial charge in [-0.05, 0) is 43.2 Å². The van der Waals surface area contributed by atoms with Gasteiger partial charge in [0.05, 0.1) is 12.1 Å². The van der Waals surface area contributed by atoms with Crippen LogP contribution in [0.3, 0.4) is 0 Å². The number of halogens is 2. The van der Waals surface area contributed by atoms with Gasteiger partial charge in [-0.3, -0.25) is 9.69 Å². The molecule has 1 aromatic heterocycles. The number of para-hydroxylation sites is 1. The average Bonchev–Trinajstić information content (AvgIpc) is 2.76. The number of nitrogens with one attached hydrogen (secondary N) is 1. The van der Waals surface area contributed by atoms with Gasteiger partial charge in [0.25, 0.3) is 6.43 Å². The molecule has 0 saturated carbocycles. The van der Waals surface area contributed by atoms with E-state index in [4.69, 9.17) is 0 Å². The lowest BCUT2D eigenvalue weighted by atomic mass is 10.1. The number of carbonyl (C=O) groups is 1. The highest BCUT2D eigenvalue weighted by Crippen LogP contribution is 2.28. The molecule has 2 heterocycles. The molecule has 1 amide bonds. The summed E-state index contributed by atoms with van der Waals surface area (Å²) in [6, 6.07) is 13.0. The van der Waals surface area contributed by atoms with Crippen molar-refractivity contribution in [2.75, 3.05) is 42.9 Å². The normalized spacial score (nSPS) is 14.9. The molecular weight excluding hydrogens is 400 g/mol. The first kappa shape index (κ1) is 21.1. The van der Waals surface area contributed by atoms with Crippen molar-refractivity contribution in [3.05, 3.63) is 59.4 Å². The van der Waals surface area contributed by atoms with E-state index in [1.54, 1.807) is 12.1 Å². The smallest absolute Gasteiger partial charge is 0.297 e. The number of fused-ring (bicyclic) bond motifs is 1. The predicted molar refractivity (Wildman–Crippen MR) is 118 cm³/mol. The first-order valence-electron chi connectivity index (χ1n) is 10.3. The SMILES string of the molecule is Cc1cccc(NC(=O)CN2CCN(c3nc(C(F)F)nc4ccccc34)CC2)c1C. The third-order valence-electron chi connectivity index (χ3n) is 5.71. The lowest BCUT2D eigenvalue weighted by Gasteiger charge is -2.35. The Morgan fingerprint density at radius 3 is 2.52 bits per heavy atom. The molecule has 1 fully saturated rings. The van der Waals surface area contributed by atoms with Crippen LogP contribution in [-0.2, 0) is 4.79 Å². The minimum Gasteiger partial charge on any atom is -0.353 e. The highest BCUT2D eigenvalue weighted by atomic mass is 19.3. The van der Waals surface area contributed by atoms with Gasteiger partial charge in [-0.25, -0.2) is 18.7 Å². The number of hydrogen-bond donors (Lipinski definition) is 1. The van der Waals surface area contributed by atoms with Crippen LogP contribution in [0.5, 0.6) is 0 Å². The summed E-state index contributed by atoms with van der Waals surface area (Å²) in [5.74, 6) is 0.0130. The fourth-order valence-electron chi connectivity index (χ4n) is 3.81. The van der Waals surface area contributed by atoms with Crippen LogP contribution in [0.1, 0.15) is 23.4 Å². The zero-order valence-corrected chi connectivity index (χ0v) is 17.6. The Bertz CT molecular complexity index is 1100. The molecule has 0 spiro atoms. The second kappa shape index (κ2) is 8.93. The minimum absolute atomic E-state index is 0.0605.